The van der Waals surface area contributed by atoms with Crippen molar-refractivity contribution in [3.8, 4) is 5.69 Å². The molecule has 5 heteroatoms. The Morgan fingerprint density at radius 1 is 1.21 bits per heavy atom. The van der Waals surface area contributed by atoms with E-state index in [2.05, 4.69) is 45.4 Å². The first kappa shape index (κ1) is 15.1. The molecule has 1 fully saturated rings. The van der Waals surface area contributed by atoms with Crippen molar-refractivity contribution in [3.63, 3.8) is 0 Å². The highest BCUT2D eigenvalue weighted by Crippen LogP contribution is 2.31. The molecule has 24 heavy (non-hydrogen) atoms. The summed E-state index contributed by atoms with van der Waals surface area (Å²) in [6.45, 7) is 4.01. The van der Waals surface area contributed by atoms with Crippen LogP contribution >= 0.6 is 0 Å². The predicted molar refractivity (Wildman–Crippen MR) is 91.8 cm³/mol. The van der Waals surface area contributed by atoms with Crippen LogP contribution in [-0.2, 0) is 6.54 Å². The van der Waals surface area contributed by atoms with Crippen molar-refractivity contribution in [2.24, 2.45) is 0 Å². The molecule has 1 aliphatic rings. The van der Waals surface area contributed by atoms with Crippen molar-refractivity contribution in [1.82, 2.24) is 19.6 Å². The first-order valence-electron chi connectivity index (χ1n) is 8.54. The van der Waals surface area contributed by atoms with Crippen LogP contribution in [0.1, 0.15) is 42.3 Å². The van der Waals surface area contributed by atoms with E-state index in [9.17, 15) is 0 Å². The second-order valence-corrected chi connectivity index (χ2v) is 6.48. The Bertz CT molecular complexity index is 776. The molecule has 0 bridgehead atoms. The van der Waals surface area contributed by atoms with Gasteiger partial charge in [-0.1, -0.05) is 23.7 Å². The van der Waals surface area contributed by atoms with E-state index in [4.69, 9.17) is 4.52 Å². The molecule has 1 atom stereocenters. The van der Waals surface area contributed by atoms with Crippen LogP contribution in [0.15, 0.2) is 53.6 Å². The van der Waals surface area contributed by atoms with Crippen molar-refractivity contribution >= 4 is 0 Å². The monoisotopic (exact) mass is 322 g/mol. The highest BCUT2D eigenvalue weighted by atomic mass is 16.5. The molecule has 0 radical (unpaired) electrons. The molecule has 2 aromatic heterocycles. The normalized spacial score (nSPS) is 18.8. The van der Waals surface area contributed by atoms with E-state index in [1.54, 1.807) is 6.20 Å². The van der Waals surface area contributed by atoms with Crippen molar-refractivity contribution in [2.45, 2.75) is 38.8 Å². The Kier molecular flexibility index (Phi) is 4.17. The quantitative estimate of drug-likeness (QED) is 0.731. The lowest BCUT2D eigenvalue weighted by Crippen LogP contribution is -2.33. The van der Waals surface area contributed by atoms with Gasteiger partial charge in [0, 0.05) is 30.7 Å². The molecule has 0 saturated carbocycles. The third-order valence-electron chi connectivity index (χ3n) is 4.73. The summed E-state index contributed by atoms with van der Waals surface area (Å²) in [5.74, 6) is 0.889. The average molecular weight is 322 g/mol. The largest absolute Gasteiger partial charge is 0.361 e. The summed E-state index contributed by atoms with van der Waals surface area (Å²) in [5.41, 5.74) is 3.53. The lowest BCUT2D eigenvalue weighted by Gasteiger charge is -2.34. The van der Waals surface area contributed by atoms with Crippen LogP contribution in [-0.4, -0.2) is 26.2 Å². The van der Waals surface area contributed by atoms with Gasteiger partial charge in [-0.25, -0.2) is 4.98 Å². The van der Waals surface area contributed by atoms with Crippen LogP contribution in [0.2, 0.25) is 0 Å². The van der Waals surface area contributed by atoms with E-state index >= 15 is 0 Å². The highest BCUT2D eigenvalue weighted by Gasteiger charge is 2.26. The number of piperidine rings is 1. The van der Waals surface area contributed by atoms with Gasteiger partial charge in [0.05, 0.1) is 12.4 Å². The van der Waals surface area contributed by atoms with Gasteiger partial charge in [0.2, 0.25) is 0 Å². The molecule has 3 aromatic rings. The Balaban J connectivity index is 1.50. The van der Waals surface area contributed by atoms with E-state index < -0.39 is 0 Å². The maximum Gasteiger partial charge on any atom is 0.133 e. The fourth-order valence-electron chi connectivity index (χ4n) is 3.48. The fraction of sp³-hybridized carbons (Fsp3) is 0.368. The van der Waals surface area contributed by atoms with Crippen LogP contribution in [0.4, 0.5) is 0 Å². The van der Waals surface area contributed by atoms with Gasteiger partial charge in [-0.2, -0.15) is 0 Å². The molecule has 0 aliphatic carbocycles. The molecular formula is C19H22N4O. The van der Waals surface area contributed by atoms with Crippen molar-refractivity contribution in [1.29, 1.82) is 0 Å². The first-order chi connectivity index (χ1) is 11.8. The third kappa shape index (κ3) is 3.12. The number of rotatable bonds is 4. The van der Waals surface area contributed by atoms with Crippen LogP contribution in [0, 0.1) is 6.92 Å². The smallest absolute Gasteiger partial charge is 0.133 e. The van der Waals surface area contributed by atoms with Gasteiger partial charge in [-0.05, 0) is 44.0 Å². The van der Waals surface area contributed by atoms with Gasteiger partial charge in [-0.3, -0.25) is 4.90 Å². The summed E-state index contributed by atoms with van der Waals surface area (Å²) in [4.78, 5) is 6.62. The Morgan fingerprint density at radius 2 is 2.08 bits per heavy atom. The molecule has 1 aliphatic heterocycles. The molecule has 0 spiro atoms. The van der Waals surface area contributed by atoms with Crippen molar-refractivity contribution < 1.29 is 4.52 Å². The minimum atomic E-state index is 0.365. The number of hydrogen-bond donors (Lipinski definition) is 0. The first-order valence-corrected chi connectivity index (χ1v) is 8.54. The second kappa shape index (κ2) is 6.61. The average Bonchev–Trinajstić information content (AvgIpc) is 3.28. The summed E-state index contributed by atoms with van der Waals surface area (Å²) in [6.07, 6.45) is 9.24. The van der Waals surface area contributed by atoms with Gasteiger partial charge in [-0.15, -0.1) is 0 Å². The molecule has 1 aromatic carbocycles. The Morgan fingerprint density at radius 3 is 2.79 bits per heavy atom. The summed E-state index contributed by atoms with van der Waals surface area (Å²) in [6, 6.07) is 11.1. The molecule has 0 N–H and O–H groups in total. The SMILES string of the molecule is Cc1cc(C2CCCCN2Cc2ccc(-n3ccnc3)cc2)no1. The molecule has 1 unspecified atom stereocenters. The number of aryl methyl sites for hydroxylation is 1. The van der Waals surface area contributed by atoms with Crippen LogP contribution in [0.25, 0.3) is 5.69 Å². The molecular weight excluding hydrogens is 300 g/mol. The van der Waals surface area contributed by atoms with Gasteiger partial charge >= 0.3 is 0 Å². The van der Waals surface area contributed by atoms with E-state index in [0.29, 0.717) is 6.04 Å². The Labute approximate surface area is 141 Å². The molecule has 4 rings (SSSR count). The number of benzene rings is 1. The van der Waals surface area contributed by atoms with Gasteiger partial charge in [0.1, 0.15) is 11.5 Å². The van der Waals surface area contributed by atoms with Crippen molar-refractivity contribution in [2.75, 3.05) is 6.54 Å². The fourth-order valence-corrected chi connectivity index (χ4v) is 3.48. The zero-order chi connectivity index (χ0) is 16.4. The van der Waals surface area contributed by atoms with Gasteiger partial charge in [0.15, 0.2) is 0 Å². The zero-order valence-corrected chi connectivity index (χ0v) is 13.9. The number of likely N-dealkylation sites (tertiary alicyclic amines) is 1. The van der Waals surface area contributed by atoms with Gasteiger partial charge < -0.3 is 9.09 Å². The van der Waals surface area contributed by atoms with E-state index in [1.807, 2.05) is 24.0 Å². The van der Waals surface area contributed by atoms with E-state index in [0.717, 1.165) is 36.7 Å². The maximum atomic E-state index is 5.29. The van der Waals surface area contributed by atoms with Gasteiger partial charge in [0.25, 0.3) is 0 Å². The predicted octanol–water partition coefficient (Wildman–Crippen LogP) is 3.90. The van der Waals surface area contributed by atoms with Crippen LogP contribution in [0.3, 0.4) is 0 Å². The third-order valence-corrected chi connectivity index (χ3v) is 4.73. The molecule has 5 nitrogen and oxygen atoms in total. The minimum Gasteiger partial charge on any atom is -0.361 e. The number of hydrogen-bond acceptors (Lipinski definition) is 4. The number of imidazole rings is 1. The lowest BCUT2D eigenvalue weighted by molar-refractivity contribution is 0.134. The second-order valence-electron chi connectivity index (χ2n) is 6.48. The Hall–Kier alpha value is -2.40. The summed E-state index contributed by atoms with van der Waals surface area (Å²) in [5, 5.41) is 4.25. The maximum absolute atomic E-state index is 5.29. The summed E-state index contributed by atoms with van der Waals surface area (Å²) in [7, 11) is 0. The summed E-state index contributed by atoms with van der Waals surface area (Å²) < 4.78 is 7.31. The van der Waals surface area contributed by atoms with E-state index in [-0.39, 0.29) is 0 Å². The highest BCUT2D eigenvalue weighted by molar-refractivity contribution is 5.34. The molecule has 3 heterocycles. The summed E-state index contributed by atoms with van der Waals surface area (Å²) >= 11 is 0. The topological polar surface area (TPSA) is 47.1 Å². The standard InChI is InChI=1S/C19H22N4O/c1-15-12-18(21-24-15)19-4-2-3-10-22(19)13-16-5-7-17(8-6-16)23-11-9-20-14-23/h5-9,11-12,14,19H,2-4,10,13H2,1H3. The molecule has 124 valence electrons. The van der Waals surface area contributed by atoms with Crippen LogP contribution in [0.5, 0.6) is 0 Å². The van der Waals surface area contributed by atoms with Crippen LogP contribution < -0.4 is 0 Å². The molecule has 1 saturated heterocycles. The molecule has 0 amide bonds. The lowest BCUT2D eigenvalue weighted by atomic mass is 9.98. The number of aromatic nitrogens is 3. The minimum absolute atomic E-state index is 0.365. The number of nitrogens with zero attached hydrogens (tertiary/aromatic N) is 4. The van der Waals surface area contributed by atoms with Crippen molar-refractivity contribution in [3.05, 3.63) is 66.1 Å². The zero-order valence-electron chi connectivity index (χ0n) is 13.9. The van der Waals surface area contributed by atoms with E-state index in [1.165, 1.54) is 18.4 Å².